The molecule has 4 aromatic heterocycles. The van der Waals surface area contributed by atoms with Crippen LogP contribution in [-0.4, -0.2) is 36.7 Å². The molecule has 11 aromatic carbocycles. The van der Waals surface area contributed by atoms with Crippen LogP contribution in [0.5, 0.6) is 0 Å². The molecule has 0 amide bonds. The molecule has 6 nitrogen and oxygen atoms in total. The van der Waals surface area contributed by atoms with E-state index in [-0.39, 0.29) is 0 Å². The van der Waals surface area contributed by atoms with Crippen molar-refractivity contribution in [3.8, 4) is 51.2 Å². The number of para-hydroxylation sites is 6. The molecule has 354 valence electrons. The monoisotopic (exact) mass is 984 g/mol. The quantitative estimate of drug-likeness (QED) is 0.156. The number of hydrogen-bond donors (Lipinski definition) is 0. The van der Waals surface area contributed by atoms with Crippen LogP contribution < -0.4 is 20.7 Å². The van der Waals surface area contributed by atoms with Gasteiger partial charge in [0.25, 0.3) is 0 Å². The van der Waals surface area contributed by atoms with Crippen molar-refractivity contribution in [1.29, 1.82) is 0 Å². The van der Waals surface area contributed by atoms with Crippen LogP contribution in [-0.2, 0) is 0 Å². The van der Waals surface area contributed by atoms with Crippen LogP contribution in [0.1, 0.15) is 0 Å². The van der Waals surface area contributed by atoms with Crippen molar-refractivity contribution in [2.24, 2.45) is 0 Å². The van der Waals surface area contributed by atoms with E-state index in [1.165, 1.54) is 64.8 Å². The lowest BCUT2D eigenvalue weighted by Gasteiger charge is -2.36. The fourth-order valence-electron chi connectivity index (χ4n) is 12.9. The van der Waals surface area contributed by atoms with Gasteiger partial charge in [0, 0.05) is 43.6 Å². The lowest BCUT2D eigenvalue weighted by molar-refractivity contribution is 0.893. The van der Waals surface area contributed by atoms with Crippen LogP contribution >= 0.6 is 0 Å². The average Bonchev–Trinajstić information content (AvgIpc) is 4.15. The van der Waals surface area contributed by atoms with Crippen LogP contribution in [0.3, 0.4) is 0 Å². The molecular formula is C69H44N6Si. The maximum absolute atomic E-state index is 5.57. The van der Waals surface area contributed by atoms with Crippen LogP contribution in [0.2, 0.25) is 0 Å². The molecule has 0 aliphatic carbocycles. The minimum atomic E-state index is -3.27. The van der Waals surface area contributed by atoms with E-state index in [4.69, 9.17) is 15.0 Å². The van der Waals surface area contributed by atoms with E-state index in [2.05, 4.69) is 281 Å². The summed E-state index contributed by atoms with van der Waals surface area (Å²) in [6.07, 6.45) is 0. The van der Waals surface area contributed by atoms with Crippen molar-refractivity contribution in [2.45, 2.75) is 0 Å². The van der Waals surface area contributed by atoms with Gasteiger partial charge in [-0.15, -0.1) is 0 Å². The summed E-state index contributed by atoms with van der Waals surface area (Å²) < 4.78 is 6.83. The topological polar surface area (TPSA) is 53.5 Å². The molecule has 0 saturated heterocycles. The number of benzene rings is 11. The Bertz CT molecular complexity index is 4490. The fraction of sp³-hybridized carbons (Fsp3) is 0. The summed E-state index contributed by atoms with van der Waals surface area (Å²) in [5.74, 6) is 1.70. The molecule has 0 saturated carbocycles. The summed E-state index contributed by atoms with van der Waals surface area (Å²) in [5, 5.41) is 12.3. The zero-order valence-electron chi connectivity index (χ0n) is 41.1. The Kier molecular flexibility index (Phi) is 9.25. The lowest BCUT2D eigenvalue weighted by atomic mass is 9.95. The number of aromatic nitrogens is 6. The highest BCUT2D eigenvalue weighted by Crippen LogP contribution is 2.38. The van der Waals surface area contributed by atoms with Gasteiger partial charge >= 0.3 is 0 Å². The van der Waals surface area contributed by atoms with Gasteiger partial charge in [0.15, 0.2) is 13.9 Å². The Morgan fingerprint density at radius 3 is 1.04 bits per heavy atom. The van der Waals surface area contributed by atoms with Gasteiger partial charge in [0.2, 0.25) is 11.9 Å². The van der Waals surface area contributed by atoms with E-state index in [9.17, 15) is 0 Å². The minimum absolute atomic E-state index is 0.554. The lowest BCUT2D eigenvalue weighted by Crippen LogP contribution is -2.75. The molecule has 0 atom stereocenters. The molecule has 1 aliphatic heterocycles. The third kappa shape index (κ3) is 6.06. The second-order valence-corrected chi connectivity index (χ2v) is 23.6. The Balaban J connectivity index is 0.983. The van der Waals surface area contributed by atoms with Crippen LogP contribution in [0.4, 0.5) is 0 Å². The van der Waals surface area contributed by atoms with E-state index < -0.39 is 8.07 Å². The first-order valence-corrected chi connectivity index (χ1v) is 27.9. The smallest absolute Gasteiger partial charge is 0.240 e. The Morgan fingerprint density at radius 2 is 0.618 bits per heavy atom. The molecular weight excluding hydrogens is 941 g/mol. The van der Waals surface area contributed by atoms with Crippen LogP contribution in [0, 0.1) is 0 Å². The van der Waals surface area contributed by atoms with Crippen molar-refractivity contribution in [2.75, 3.05) is 0 Å². The molecule has 0 unspecified atom stereocenters. The predicted molar refractivity (Wildman–Crippen MR) is 316 cm³/mol. The zero-order chi connectivity index (χ0) is 49.9. The molecule has 0 bridgehead atoms. The van der Waals surface area contributed by atoms with Crippen LogP contribution in [0.15, 0.2) is 267 Å². The molecule has 0 spiro atoms. The Hall–Kier alpha value is -9.95. The van der Waals surface area contributed by atoms with E-state index in [0.29, 0.717) is 17.7 Å². The highest BCUT2D eigenvalue weighted by molar-refractivity contribution is 7.21. The van der Waals surface area contributed by atoms with E-state index in [1.54, 1.807) is 0 Å². The maximum atomic E-state index is 5.57. The van der Waals surface area contributed by atoms with Crippen molar-refractivity contribution in [3.63, 3.8) is 0 Å². The van der Waals surface area contributed by atoms with E-state index in [0.717, 1.165) is 54.9 Å². The summed E-state index contributed by atoms with van der Waals surface area (Å²) in [6.45, 7) is 0. The molecule has 0 fully saturated rings. The van der Waals surface area contributed by atoms with Crippen molar-refractivity contribution in [3.05, 3.63) is 267 Å². The van der Waals surface area contributed by atoms with Gasteiger partial charge in [0.05, 0.1) is 33.1 Å². The molecule has 76 heavy (non-hydrogen) atoms. The van der Waals surface area contributed by atoms with Gasteiger partial charge in [0.1, 0.15) is 0 Å². The second kappa shape index (κ2) is 16.5. The van der Waals surface area contributed by atoms with Gasteiger partial charge < -0.3 is 4.57 Å². The summed E-state index contributed by atoms with van der Waals surface area (Å²) in [4.78, 5) is 16.6. The molecule has 1 aliphatic rings. The fourth-order valence-corrected chi connectivity index (χ4v) is 18.1. The summed E-state index contributed by atoms with van der Waals surface area (Å²) >= 11 is 0. The predicted octanol–water partition coefficient (Wildman–Crippen LogP) is 13.9. The highest BCUT2D eigenvalue weighted by Gasteiger charge is 2.46. The largest absolute Gasteiger partial charge is 0.309 e. The first-order chi connectivity index (χ1) is 37.7. The SMILES string of the molecule is c1cc(-c2nc(-n3c4ccccc4c4ccccc43)nc(-n3c4ccccc4c4ccccc43)n2)cc([Si]2(c3ccc(-n4c5ccccc5c5ccccc54)cc3)c3ccccc3-c3ccccc3-c3ccccc32)c1. The van der Waals surface area contributed by atoms with Gasteiger partial charge in [-0.05, 0) is 91.5 Å². The van der Waals surface area contributed by atoms with E-state index >= 15 is 0 Å². The third-order valence-electron chi connectivity index (χ3n) is 16.0. The van der Waals surface area contributed by atoms with Gasteiger partial charge in [-0.3, -0.25) is 9.13 Å². The molecule has 0 radical (unpaired) electrons. The Morgan fingerprint density at radius 1 is 0.263 bits per heavy atom. The maximum Gasteiger partial charge on any atom is 0.240 e. The molecule has 7 heteroatoms. The van der Waals surface area contributed by atoms with Gasteiger partial charge in [-0.2, -0.15) is 15.0 Å². The Labute approximate surface area is 438 Å². The molecule has 5 heterocycles. The average molecular weight is 985 g/mol. The number of fused-ring (bicyclic) bond motifs is 14. The van der Waals surface area contributed by atoms with Crippen molar-refractivity contribution in [1.82, 2.24) is 28.7 Å². The molecule has 0 N–H and O–H groups in total. The van der Waals surface area contributed by atoms with Crippen molar-refractivity contribution < 1.29 is 0 Å². The first-order valence-electron chi connectivity index (χ1n) is 25.9. The zero-order valence-corrected chi connectivity index (χ0v) is 42.1. The first kappa shape index (κ1) is 42.5. The highest BCUT2D eigenvalue weighted by atomic mass is 28.3. The van der Waals surface area contributed by atoms with Crippen molar-refractivity contribution >= 4 is 94.2 Å². The second-order valence-electron chi connectivity index (χ2n) is 19.9. The van der Waals surface area contributed by atoms with Crippen LogP contribution in [0.25, 0.3) is 117 Å². The molecule has 15 aromatic rings. The standard InChI is InChI=1S/C69H44N6Si/c1-2-23-50-49(22-1)57-30-9-17-38-65(57)76(66-39-18-10-31-58(50)66,47-42-40-46(41-43-47)73-59-32-11-3-24-51(59)52-25-4-12-33-60(52)73)48-21-19-20-45(44-48)67-70-68(74-61-34-13-5-26-53(61)54-27-6-14-35-62(54)74)72-69(71-67)75-63-36-15-7-28-55(63)56-29-8-16-37-64(56)75/h1-44H. The molecule has 16 rings (SSSR count). The number of rotatable bonds is 6. The summed E-state index contributed by atoms with van der Waals surface area (Å²) in [7, 11) is -3.27. The van der Waals surface area contributed by atoms with Gasteiger partial charge in [-0.1, -0.05) is 218 Å². The third-order valence-corrected chi connectivity index (χ3v) is 20.9. The minimum Gasteiger partial charge on any atom is -0.309 e. The normalized spacial score (nSPS) is 12.8. The van der Waals surface area contributed by atoms with Gasteiger partial charge in [-0.25, -0.2) is 0 Å². The summed E-state index contributed by atoms with van der Waals surface area (Å²) in [5.41, 5.74) is 13.5. The number of hydrogen-bond acceptors (Lipinski definition) is 3. The summed E-state index contributed by atoms with van der Waals surface area (Å²) in [6, 6.07) is 97.7. The van der Waals surface area contributed by atoms with E-state index in [1.807, 2.05) is 0 Å². The number of nitrogens with zero attached hydrogens (tertiary/aromatic N) is 6.